The summed E-state index contributed by atoms with van der Waals surface area (Å²) >= 11 is 2.90. The summed E-state index contributed by atoms with van der Waals surface area (Å²) in [5.41, 5.74) is 1.42. The van der Waals surface area contributed by atoms with Gasteiger partial charge < -0.3 is 5.43 Å². The van der Waals surface area contributed by atoms with E-state index in [0.29, 0.717) is 0 Å². The Morgan fingerprint density at radius 3 is 2.43 bits per heavy atom. The Bertz CT molecular complexity index is 763. The van der Waals surface area contributed by atoms with Gasteiger partial charge in [-0.1, -0.05) is 15.9 Å². The van der Waals surface area contributed by atoms with Crippen LogP contribution in [0.5, 0.6) is 0 Å². The van der Waals surface area contributed by atoms with Gasteiger partial charge in [0.05, 0.1) is 5.69 Å². The first-order valence-corrected chi connectivity index (χ1v) is 7.71. The van der Waals surface area contributed by atoms with Crippen molar-refractivity contribution < 1.29 is 17.2 Å². The van der Waals surface area contributed by atoms with Gasteiger partial charge in [0.2, 0.25) is 0 Å². The van der Waals surface area contributed by atoms with Gasteiger partial charge in [-0.3, -0.25) is 15.5 Å². The topological polar surface area (TPSA) is 97.1 Å². The minimum absolute atomic E-state index is 0.0374. The molecule has 1 aromatic carbocycles. The van der Waals surface area contributed by atoms with Gasteiger partial charge in [0.15, 0.2) is 11.6 Å². The number of nitrogens with two attached hydrogens (primary N) is 1. The predicted molar refractivity (Wildman–Crippen MR) is 76.9 cm³/mol. The molecule has 21 heavy (non-hydrogen) atoms. The number of rotatable bonds is 4. The highest BCUT2D eigenvalue weighted by Gasteiger charge is 2.22. The molecule has 0 unspecified atom stereocenters. The number of nitrogen functional groups attached to an aromatic ring is 1. The molecule has 0 saturated carbocycles. The second-order valence-corrected chi connectivity index (χ2v) is 6.43. The molecular weight excluding hydrogens is 370 g/mol. The zero-order chi connectivity index (χ0) is 15.6. The van der Waals surface area contributed by atoms with Crippen LogP contribution >= 0.6 is 15.9 Å². The standard InChI is InChI=1S/C11H9BrF2N4O2S/c12-6-3-7(13)11(8(14)4-6)18-21(19,20)10-5-16-2-1-9(10)17-15/h1-5,18H,15H2,(H,16,17). The maximum Gasteiger partial charge on any atom is 0.265 e. The summed E-state index contributed by atoms with van der Waals surface area (Å²) in [7, 11) is -4.26. The Kier molecular flexibility index (Phi) is 4.40. The molecule has 0 aliphatic heterocycles. The van der Waals surface area contributed by atoms with E-state index < -0.39 is 27.3 Å². The first kappa shape index (κ1) is 15.6. The molecular formula is C11H9BrF2N4O2S. The molecule has 2 aromatic rings. The van der Waals surface area contributed by atoms with Gasteiger partial charge in [-0.25, -0.2) is 17.2 Å². The van der Waals surface area contributed by atoms with Crippen molar-refractivity contribution in [3.05, 3.63) is 46.7 Å². The number of nitrogens with one attached hydrogen (secondary N) is 2. The van der Waals surface area contributed by atoms with Crippen LogP contribution in [-0.2, 0) is 10.0 Å². The van der Waals surface area contributed by atoms with Gasteiger partial charge in [0, 0.05) is 16.9 Å². The van der Waals surface area contributed by atoms with Crippen LogP contribution in [0.25, 0.3) is 0 Å². The van der Waals surface area contributed by atoms with E-state index in [2.05, 4.69) is 26.3 Å². The van der Waals surface area contributed by atoms with Crippen LogP contribution < -0.4 is 16.0 Å². The summed E-state index contributed by atoms with van der Waals surface area (Å²) in [5.74, 6) is 3.08. The third-order valence-electron chi connectivity index (χ3n) is 2.47. The van der Waals surface area contributed by atoms with Crippen LogP contribution in [0.3, 0.4) is 0 Å². The number of benzene rings is 1. The van der Waals surface area contributed by atoms with Crippen LogP contribution in [0.15, 0.2) is 40.0 Å². The van der Waals surface area contributed by atoms with Crippen molar-refractivity contribution in [1.82, 2.24) is 4.98 Å². The second-order valence-electron chi connectivity index (χ2n) is 3.87. The Labute approximate surface area is 127 Å². The SMILES string of the molecule is NNc1ccncc1S(=O)(=O)Nc1c(F)cc(Br)cc1F. The smallest absolute Gasteiger partial charge is 0.265 e. The van der Waals surface area contributed by atoms with E-state index in [-0.39, 0.29) is 15.1 Å². The molecule has 0 aliphatic carbocycles. The number of anilines is 2. The van der Waals surface area contributed by atoms with E-state index >= 15 is 0 Å². The highest BCUT2D eigenvalue weighted by Crippen LogP contribution is 2.27. The van der Waals surface area contributed by atoms with Gasteiger partial charge in [-0.2, -0.15) is 0 Å². The monoisotopic (exact) mass is 378 g/mol. The lowest BCUT2D eigenvalue weighted by atomic mass is 10.3. The highest BCUT2D eigenvalue weighted by atomic mass is 79.9. The normalized spacial score (nSPS) is 11.2. The zero-order valence-electron chi connectivity index (χ0n) is 10.3. The lowest BCUT2D eigenvalue weighted by Crippen LogP contribution is -2.19. The van der Waals surface area contributed by atoms with E-state index in [0.717, 1.165) is 18.3 Å². The second kappa shape index (κ2) is 5.92. The number of hydrogen-bond donors (Lipinski definition) is 3. The van der Waals surface area contributed by atoms with Crippen LogP contribution in [0.1, 0.15) is 0 Å². The van der Waals surface area contributed by atoms with Gasteiger partial charge in [0.25, 0.3) is 10.0 Å². The Morgan fingerprint density at radius 2 is 1.86 bits per heavy atom. The molecule has 0 fully saturated rings. The number of halogens is 3. The van der Waals surface area contributed by atoms with E-state index in [1.165, 1.54) is 12.3 Å². The molecule has 2 rings (SSSR count). The molecule has 0 radical (unpaired) electrons. The Balaban J connectivity index is 2.48. The number of sulfonamides is 1. The maximum atomic E-state index is 13.7. The molecule has 0 saturated heterocycles. The minimum Gasteiger partial charge on any atom is -0.323 e. The molecule has 6 nitrogen and oxygen atoms in total. The zero-order valence-corrected chi connectivity index (χ0v) is 12.7. The van der Waals surface area contributed by atoms with Crippen molar-refractivity contribution >= 4 is 37.3 Å². The van der Waals surface area contributed by atoms with Gasteiger partial charge in [-0.05, 0) is 18.2 Å². The molecule has 1 heterocycles. The summed E-state index contributed by atoms with van der Waals surface area (Å²) in [6.07, 6.45) is 2.32. The lowest BCUT2D eigenvalue weighted by molar-refractivity contribution is 0.582. The van der Waals surface area contributed by atoms with E-state index in [1.54, 1.807) is 0 Å². The van der Waals surface area contributed by atoms with Crippen LogP contribution in [-0.4, -0.2) is 13.4 Å². The average Bonchev–Trinajstić information content (AvgIpc) is 2.43. The number of hydrazine groups is 1. The van der Waals surface area contributed by atoms with E-state index in [1.807, 2.05) is 4.72 Å². The summed E-state index contributed by atoms with van der Waals surface area (Å²) in [6.45, 7) is 0. The molecule has 112 valence electrons. The quantitative estimate of drug-likeness (QED) is 0.559. The summed E-state index contributed by atoms with van der Waals surface area (Å²) < 4.78 is 53.7. The third-order valence-corrected chi connectivity index (χ3v) is 4.31. The number of pyridine rings is 1. The van der Waals surface area contributed by atoms with Crippen molar-refractivity contribution in [1.29, 1.82) is 0 Å². The molecule has 10 heteroatoms. The maximum absolute atomic E-state index is 13.7. The summed E-state index contributed by atoms with van der Waals surface area (Å²) in [5, 5.41) is 0. The Hall–Kier alpha value is -1.78. The number of hydrogen-bond acceptors (Lipinski definition) is 5. The molecule has 1 aromatic heterocycles. The van der Waals surface area contributed by atoms with Crippen LogP contribution in [0.4, 0.5) is 20.2 Å². The van der Waals surface area contributed by atoms with Crippen molar-refractivity contribution in [3.63, 3.8) is 0 Å². The van der Waals surface area contributed by atoms with Crippen LogP contribution in [0, 0.1) is 11.6 Å². The first-order valence-electron chi connectivity index (χ1n) is 5.43. The molecule has 0 spiro atoms. The van der Waals surface area contributed by atoms with Crippen molar-refractivity contribution in [2.24, 2.45) is 5.84 Å². The van der Waals surface area contributed by atoms with Crippen molar-refractivity contribution in [2.75, 3.05) is 10.1 Å². The van der Waals surface area contributed by atoms with Crippen molar-refractivity contribution in [3.8, 4) is 0 Å². The van der Waals surface area contributed by atoms with Crippen molar-refractivity contribution in [2.45, 2.75) is 4.90 Å². The minimum atomic E-state index is -4.26. The first-order chi connectivity index (χ1) is 9.85. The molecule has 4 N–H and O–H groups in total. The molecule has 0 bridgehead atoms. The average molecular weight is 379 g/mol. The fourth-order valence-corrected chi connectivity index (χ4v) is 3.13. The molecule has 0 amide bonds. The number of aromatic nitrogens is 1. The van der Waals surface area contributed by atoms with Crippen LogP contribution in [0.2, 0.25) is 0 Å². The highest BCUT2D eigenvalue weighted by molar-refractivity contribution is 9.10. The molecule has 0 atom stereocenters. The largest absolute Gasteiger partial charge is 0.323 e. The molecule has 0 aliphatic rings. The Morgan fingerprint density at radius 1 is 1.24 bits per heavy atom. The lowest BCUT2D eigenvalue weighted by Gasteiger charge is -2.12. The predicted octanol–water partition coefficient (Wildman–Crippen LogP) is 2.21. The third kappa shape index (κ3) is 3.28. The number of nitrogens with zero attached hydrogens (tertiary/aromatic N) is 1. The van der Waals surface area contributed by atoms with E-state index in [9.17, 15) is 17.2 Å². The summed E-state index contributed by atoms with van der Waals surface area (Å²) in [4.78, 5) is 3.31. The summed E-state index contributed by atoms with van der Waals surface area (Å²) in [6, 6.07) is 3.18. The van der Waals surface area contributed by atoms with Gasteiger partial charge in [-0.15, -0.1) is 0 Å². The van der Waals surface area contributed by atoms with Gasteiger partial charge in [0.1, 0.15) is 10.6 Å². The fraction of sp³-hybridized carbons (Fsp3) is 0. The fourth-order valence-electron chi connectivity index (χ4n) is 1.54. The van der Waals surface area contributed by atoms with E-state index in [4.69, 9.17) is 5.84 Å². The van der Waals surface area contributed by atoms with Gasteiger partial charge >= 0.3 is 0 Å².